The molecule has 0 aliphatic carbocycles. The average Bonchev–Trinajstić information content (AvgIpc) is 2.95. The molecule has 8 heteroatoms. The third-order valence-electron chi connectivity index (χ3n) is 4.83. The lowest BCUT2D eigenvalue weighted by Gasteiger charge is -2.16. The van der Waals surface area contributed by atoms with E-state index in [1.165, 1.54) is 23.9 Å². The lowest BCUT2D eigenvalue weighted by molar-refractivity contribution is -0.120. The summed E-state index contributed by atoms with van der Waals surface area (Å²) < 4.78 is 0. The van der Waals surface area contributed by atoms with Crippen LogP contribution in [0.25, 0.3) is 0 Å². The normalized spacial score (nSPS) is 13.8. The molecule has 0 unspecified atom stereocenters. The molecule has 0 fully saturated rings. The predicted molar refractivity (Wildman–Crippen MR) is 133 cm³/mol. The second-order valence-corrected chi connectivity index (χ2v) is 9.67. The molecule has 1 N–H and O–H groups in total. The summed E-state index contributed by atoms with van der Waals surface area (Å²) in [5, 5.41) is 4.44. The molecule has 3 aromatic carbocycles. The molecule has 3 aromatic rings. The molecular formula is C24H17Cl3N2O2S. The fraction of sp³-hybridized carbons (Fsp3) is 0.0833. The van der Waals surface area contributed by atoms with Crippen molar-refractivity contribution in [2.45, 2.75) is 18.7 Å². The van der Waals surface area contributed by atoms with Gasteiger partial charge >= 0.3 is 0 Å². The van der Waals surface area contributed by atoms with Crippen LogP contribution in [-0.4, -0.2) is 11.8 Å². The Labute approximate surface area is 205 Å². The number of nitrogens with one attached hydrogen (secondary N) is 1. The number of rotatable bonds is 5. The highest BCUT2D eigenvalue weighted by molar-refractivity contribution is 8.04. The standard InChI is InChI=1S/C24H17Cl3N2O2S/c1-13-3-4-14(2)20(9-13)28-21-22(32-19-7-5-15(25)6-8-19)24(31)29(23(21)30)18-11-16(26)10-17(27)12-18/h3-12,28H,1-2H3. The molecule has 1 aliphatic rings. The first-order valence-electron chi connectivity index (χ1n) is 9.60. The molecule has 0 aromatic heterocycles. The molecule has 0 bridgehead atoms. The highest BCUT2D eigenvalue weighted by atomic mass is 35.5. The van der Waals surface area contributed by atoms with E-state index in [1.807, 2.05) is 32.0 Å². The summed E-state index contributed by atoms with van der Waals surface area (Å²) in [4.78, 5) is 29.0. The number of carbonyl (C=O) groups is 2. The van der Waals surface area contributed by atoms with Crippen LogP contribution in [0.4, 0.5) is 11.4 Å². The van der Waals surface area contributed by atoms with Gasteiger partial charge in [0.2, 0.25) is 0 Å². The molecule has 1 aliphatic heterocycles. The summed E-state index contributed by atoms with van der Waals surface area (Å²) in [5.74, 6) is -0.938. The minimum absolute atomic E-state index is 0.194. The first-order valence-corrected chi connectivity index (χ1v) is 11.5. The van der Waals surface area contributed by atoms with E-state index in [4.69, 9.17) is 34.8 Å². The van der Waals surface area contributed by atoms with Crippen molar-refractivity contribution < 1.29 is 9.59 Å². The van der Waals surface area contributed by atoms with E-state index in [0.29, 0.717) is 20.8 Å². The van der Waals surface area contributed by atoms with E-state index in [1.54, 1.807) is 30.3 Å². The molecule has 0 atom stereocenters. The Kier molecular flexibility index (Phi) is 6.54. The lowest BCUT2D eigenvalue weighted by atomic mass is 10.1. The zero-order valence-electron chi connectivity index (χ0n) is 17.1. The number of benzene rings is 3. The number of hydrogen-bond acceptors (Lipinski definition) is 4. The van der Waals surface area contributed by atoms with Crippen LogP contribution in [-0.2, 0) is 9.59 Å². The fourth-order valence-corrected chi connectivity index (χ4v) is 4.81. The molecule has 0 saturated carbocycles. The van der Waals surface area contributed by atoms with Gasteiger partial charge < -0.3 is 5.32 Å². The third kappa shape index (κ3) is 4.66. The summed E-state index contributed by atoms with van der Waals surface area (Å²) in [6.45, 7) is 3.90. The van der Waals surface area contributed by atoms with Gasteiger partial charge in [-0.1, -0.05) is 58.7 Å². The fourth-order valence-electron chi connectivity index (χ4n) is 3.24. The van der Waals surface area contributed by atoms with Gasteiger partial charge in [0.05, 0.1) is 5.69 Å². The zero-order chi connectivity index (χ0) is 23.0. The second-order valence-electron chi connectivity index (χ2n) is 7.28. The number of amides is 2. The molecule has 1 heterocycles. The maximum atomic E-state index is 13.5. The lowest BCUT2D eigenvalue weighted by Crippen LogP contribution is -2.32. The quantitative estimate of drug-likeness (QED) is 0.372. The van der Waals surface area contributed by atoms with Crippen molar-refractivity contribution >= 4 is 69.8 Å². The number of anilines is 2. The van der Waals surface area contributed by atoms with E-state index in [9.17, 15) is 9.59 Å². The van der Waals surface area contributed by atoms with Gasteiger partial charge in [-0.2, -0.15) is 0 Å². The second kappa shape index (κ2) is 9.20. The number of hydrogen-bond donors (Lipinski definition) is 1. The average molecular weight is 504 g/mol. The van der Waals surface area contributed by atoms with Crippen LogP contribution >= 0.6 is 46.6 Å². The zero-order valence-corrected chi connectivity index (χ0v) is 20.2. The van der Waals surface area contributed by atoms with E-state index in [-0.39, 0.29) is 10.6 Å². The summed E-state index contributed by atoms with van der Waals surface area (Å²) in [6.07, 6.45) is 0. The van der Waals surface area contributed by atoms with E-state index in [0.717, 1.165) is 26.6 Å². The number of aryl methyl sites for hydroxylation is 2. The van der Waals surface area contributed by atoms with E-state index in [2.05, 4.69) is 5.32 Å². The van der Waals surface area contributed by atoms with Crippen molar-refractivity contribution in [3.8, 4) is 0 Å². The number of carbonyl (C=O) groups excluding carboxylic acids is 2. The molecule has 4 nitrogen and oxygen atoms in total. The highest BCUT2D eigenvalue weighted by Crippen LogP contribution is 2.39. The van der Waals surface area contributed by atoms with Gasteiger partial charge in [-0.05, 0) is 73.5 Å². The molecule has 162 valence electrons. The minimum Gasteiger partial charge on any atom is -0.350 e. The number of imide groups is 1. The van der Waals surface area contributed by atoms with E-state index >= 15 is 0 Å². The third-order valence-corrected chi connectivity index (χ3v) is 6.61. The Morgan fingerprint density at radius 2 is 1.44 bits per heavy atom. The van der Waals surface area contributed by atoms with Crippen LogP contribution < -0.4 is 10.2 Å². The summed E-state index contributed by atoms with van der Waals surface area (Å²) >= 11 is 19.4. The molecule has 0 spiro atoms. The first-order chi connectivity index (χ1) is 15.2. The van der Waals surface area contributed by atoms with Crippen LogP contribution in [0.2, 0.25) is 15.1 Å². The van der Waals surface area contributed by atoms with Gasteiger partial charge in [0, 0.05) is 25.7 Å². The van der Waals surface area contributed by atoms with Crippen molar-refractivity contribution in [2.24, 2.45) is 0 Å². The molecule has 32 heavy (non-hydrogen) atoms. The summed E-state index contributed by atoms with van der Waals surface area (Å²) in [6, 6.07) is 17.6. The molecular weight excluding hydrogens is 487 g/mol. The molecule has 4 rings (SSSR count). The Balaban J connectivity index is 1.79. The van der Waals surface area contributed by atoms with Gasteiger partial charge in [-0.25, -0.2) is 4.90 Å². The SMILES string of the molecule is Cc1ccc(C)c(NC2=C(Sc3ccc(Cl)cc3)C(=O)N(c3cc(Cl)cc(Cl)c3)C2=O)c1. The smallest absolute Gasteiger partial charge is 0.283 e. The van der Waals surface area contributed by atoms with Crippen molar-refractivity contribution in [3.05, 3.63) is 97.5 Å². The van der Waals surface area contributed by atoms with Crippen molar-refractivity contribution in [1.29, 1.82) is 0 Å². The highest BCUT2D eigenvalue weighted by Gasteiger charge is 2.40. The monoisotopic (exact) mass is 502 g/mol. The Bertz CT molecular complexity index is 1250. The minimum atomic E-state index is -0.481. The van der Waals surface area contributed by atoms with Crippen LogP contribution in [0.15, 0.2) is 76.2 Å². The predicted octanol–water partition coefficient (Wildman–Crippen LogP) is 7.25. The van der Waals surface area contributed by atoms with E-state index < -0.39 is 11.8 Å². The first kappa shape index (κ1) is 22.7. The molecule has 0 saturated heterocycles. The van der Waals surface area contributed by atoms with Crippen LogP contribution in [0.5, 0.6) is 0 Å². The molecule has 2 amide bonds. The largest absolute Gasteiger partial charge is 0.350 e. The summed E-state index contributed by atoms with van der Waals surface area (Å²) in [5.41, 5.74) is 3.23. The van der Waals surface area contributed by atoms with Crippen LogP contribution in [0.1, 0.15) is 11.1 Å². The van der Waals surface area contributed by atoms with Gasteiger partial charge in [0.15, 0.2) is 0 Å². The van der Waals surface area contributed by atoms with Crippen molar-refractivity contribution in [1.82, 2.24) is 0 Å². The summed E-state index contributed by atoms with van der Waals surface area (Å²) in [7, 11) is 0. The molecule has 0 radical (unpaired) electrons. The van der Waals surface area contributed by atoms with Crippen LogP contribution in [0, 0.1) is 13.8 Å². The van der Waals surface area contributed by atoms with Crippen molar-refractivity contribution in [3.63, 3.8) is 0 Å². The van der Waals surface area contributed by atoms with Gasteiger partial charge in [0.1, 0.15) is 10.6 Å². The number of halogens is 3. The maximum absolute atomic E-state index is 13.5. The van der Waals surface area contributed by atoms with Crippen molar-refractivity contribution in [2.75, 3.05) is 10.2 Å². The van der Waals surface area contributed by atoms with Gasteiger partial charge in [-0.3, -0.25) is 9.59 Å². The number of nitrogens with zero attached hydrogens (tertiary/aromatic N) is 1. The maximum Gasteiger partial charge on any atom is 0.283 e. The topological polar surface area (TPSA) is 49.4 Å². The Morgan fingerprint density at radius 1 is 0.781 bits per heavy atom. The Morgan fingerprint density at radius 3 is 2.09 bits per heavy atom. The van der Waals surface area contributed by atoms with Crippen LogP contribution in [0.3, 0.4) is 0 Å². The van der Waals surface area contributed by atoms with Gasteiger partial charge in [-0.15, -0.1) is 0 Å². The van der Waals surface area contributed by atoms with Gasteiger partial charge in [0.25, 0.3) is 11.8 Å². The Hall–Kier alpha value is -2.44. The number of thioether (sulfide) groups is 1.